The zero-order valence-corrected chi connectivity index (χ0v) is 14.6. The number of rotatable bonds is 6. The Morgan fingerprint density at radius 1 is 1.19 bits per heavy atom. The highest BCUT2D eigenvalue weighted by Crippen LogP contribution is 2.24. The summed E-state index contributed by atoms with van der Waals surface area (Å²) in [5.74, 6) is -0.288. The lowest BCUT2D eigenvalue weighted by Gasteiger charge is -2.19. The van der Waals surface area contributed by atoms with Crippen molar-refractivity contribution in [3.63, 3.8) is 0 Å². The number of Topliss-reactive ketones (excluding diaryl/α,β-unsaturated/α-hetero) is 1. The van der Waals surface area contributed by atoms with E-state index in [1.807, 2.05) is 6.07 Å². The van der Waals surface area contributed by atoms with Gasteiger partial charge in [0.1, 0.15) is 11.6 Å². The van der Waals surface area contributed by atoms with Crippen LogP contribution in [0.4, 0.5) is 10.1 Å². The number of halogens is 1. The molecular weight excluding hydrogens is 335 g/mol. The molecule has 0 aliphatic carbocycles. The Balaban J connectivity index is 1.58. The Bertz CT molecular complexity index is 819. The summed E-state index contributed by atoms with van der Waals surface area (Å²) < 4.78 is 19.9. The van der Waals surface area contributed by atoms with E-state index >= 15 is 0 Å². The van der Waals surface area contributed by atoms with Gasteiger partial charge in [-0.2, -0.15) is 0 Å². The minimum atomic E-state index is -0.438. The molecule has 0 radical (unpaired) electrons. The number of carbonyl (C=O) groups excluding carboxylic acids is 2. The summed E-state index contributed by atoms with van der Waals surface area (Å²) >= 11 is 0. The average Bonchev–Trinajstić information content (AvgIpc) is 2.68. The molecule has 1 aliphatic rings. The molecule has 136 valence electrons. The number of hydrogen-bond acceptors (Lipinski definition) is 4. The molecule has 0 fully saturated rings. The van der Waals surface area contributed by atoms with Crippen LogP contribution in [0.25, 0.3) is 0 Å². The predicted octanol–water partition coefficient (Wildman–Crippen LogP) is 3.08. The molecule has 1 amide bonds. The molecule has 1 aliphatic heterocycles. The summed E-state index contributed by atoms with van der Waals surface area (Å²) in [5.41, 5.74) is 2.35. The third-order valence-corrected chi connectivity index (χ3v) is 4.35. The van der Waals surface area contributed by atoms with Crippen LogP contribution in [-0.2, 0) is 17.8 Å². The van der Waals surface area contributed by atoms with E-state index in [1.54, 1.807) is 37.3 Å². The third-order valence-electron chi connectivity index (χ3n) is 4.35. The topological polar surface area (TPSA) is 67.4 Å². The normalized spacial score (nSPS) is 13.0. The number of benzene rings is 2. The fourth-order valence-corrected chi connectivity index (χ4v) is 2.91. The summed E-state index contributed by atoms with van der Waals surface area (Å²) in [4.78, 5) is 23.6. The molecule has 0 spiro atoms. The molecule has 3 rings (SSSR count). The number of fused-ring (bicyclic) bond motifs is 1. The SMILES string of the molecule is CCC(=O)c1ccc(OCC(=O)Nc2ccc3c(c2F)CCNC3)cc1. The van der Waals surface area contributed by atoms with E-state index in [1.165, 1.54) is 0 Å². The lowest BCUT2D eigenvalue weighted by atomic mass is 9.99. The van der Waals surface area contributed by atoms with Gasteiger partial charge >= 0.3 is 0 Å². The molecular formula is C20H21FN2O3. The lowest BCUT2D eigenvalue weighted by Crippen LogP contribution is -2.26. The molecule has 0 unspecified atom stereocenters. The highest BCUT2D eigenvalue weighted by Gasteiger charge is 2.17. The van der Waals surface area contributed by atoms with E-state index in [0.717, 1.165) is 12.1 Å². The van der Waals surface area contributed by atoms with Gasteiger partial charge < -0.3 is 15.4 Å². The molecule has 26 heavy (non-hydrogen) atoms. The van der Waals surface area contributed by atoms with Gasteiger partial charge in [-0.15, -0.1) is 0 Å². The summed E-state index contributed by atoms with van der Waals surface area (Å²) in [7, 11) is 0. The van der Waals surface area contributed by atoms with Crippen molar-refractivity contribution in [1.82, 2.24) is 5.32 Å². The quantitative estimate of drug-likeness (QED) is 0.781. The Morgan fingerprint density at radius 3 is 2.69 bits per heavy atom. The highest BCUT2D eigenvalue weighted by molar-refractivity contribution is 5.96. The van der Waals surface area contributed by atoms with Crippen molar-refractivity contribution in [3.05, 3.63) is 58.9 Å². The molecule has 0 bridgehead atoms. The number of ketones is 1. The van der Waals surface area contributed by atoms with E-state index in [4.69, 9.17) is 4.74 Å². The number of ether oxygens (including phenoxy) is 1. The fourth-order valence-electron chi connectivity index (χ4n) is 2.91. The van der Waals surface area contributed by atoms with Crippen LogP contribution in [0.15, 0.2) is 36.4 Å². The monoisotopic (exact) mass is 356 g/mol. The van der Waals surface area contributed by atoms with Crippen LogP contribution in [0.1, 0.15) is 34.8 Å². The molecule has 1 heterocycles. The van der Waals surface area contributed by atoms with Gasteiger partial charge in [0.15, 0.2) is 12.4 Å². The fraction of sp³-hybridized carbons (Fsp3) is 0.300. The van der Waals surface area contributed by atoms with Crippen molar-refractivity contribution in [2.24, 2.45) is 0 Å². The van der Waals surface area contributed by atoms with Gasteiger partial charge in [-0.25, -0.2) is 4.39 Å². The Hall–Kier alpha value is -2.73. The van der Waals surface area contributed by atoms with Gasteiger partial charge in [0.2, 0.25) is 0 Å². The first-order valence-corrected chi connectivity index (χ1v) is 8.65. The molecule has 0 aromatic heterocycles. The predicted molar refractivity (Wildman–Crippen MR) is 97.0 cm³/mol. The third kappa shape index (κ3) is 4.08. The van der Waals surface area contributed by atoms with Gasteiger partial charge in [0, 0.05) is 18.5 Å². The largest absolute Gasteiger partial charge is 0.484 e. The van der Waals surface area contributed by atoms with E-state index in [0.29, 0.717) is 36.3 Å². The number of hydrogen-bond donors (Lipinski definition) is 2. The van der Waals surface area contributed by atoms with Gasteiger partial charge in [0.05, 0.1) is 5.69 Å². The van der Waals surface area contributed by atoms with Gasteiger partial charge in [-0.3, -0.25) is 9.59 Å². The Kier molecular flexibility index (Phi) is 5.63. The van der Waals surface area contributed by atoms with Crippen LogP contribution in [0, 0.1) is 5.82 Å². The maximum Gasteiger partial charge on any atom is 0.262 e. The van der Waals surface area contributed by atoms with Crippen LogP contribution < -0.4 is 15.4 Å². The average molecular weight is 356 g/mol. The van der Waals surface area contributed by atoms with Crippen molar-refractivity contribution in [1.29, 1.82) is 0 Å². The molecule has 0 saturated heterocycles. The van der Waals surface area contributed by atoms with Gasteiger partial charge in [-0.1, -0.05) is 13.0 Å². The number of amides is 1. The first-order chi connectivity index (χ1) is 12.6. The Morgan fingerprint density at radius 2 is 1.96 bits per heavy atom. The van der Waals surface area contributed by atoms with Gasteiger partial charge in [0.25, 0.3) is 5.91 Å². The summed E-state index contributed by atoms with van der Waals surface area (Å²) in [5, 5.41) is 5.74. The zero-order valence-electron chi connectivity index (χ0n) is 14.6. The minimum Gasteiger partial charge on any atom is -0.484 e. The standard InChI is InChI=1S/C20H21FN2O3/c1-2-18(24)13-3-6-15(7-4-13)26-12-19(25)23-17-8-5-14-11-22-10-9-16(14)20(17)21/h3-8,22H,2,9-12H2,1H3,(H,23,25). The first-order valence-electron chi connectivity index (χ1n) is 8.65. The molecule has 2 aromatic rings. The highest BCUT2D eigenvalue weighted by atomic mass is 19.1. The molecule has 0 atom stereocenters. The summed E-state index contributed by atoms with van der Waals surface area (Å²) in [6, 6.07) is 10.0. The number of anilines is 1. The molecule has 2 N–H and O–H groups in total. The van der Waals surface area contributed by atoms with E-state index in [9.17, 15) is 14.0 Å². The van der Waals surface area contributed by atoms with Crippen LogP contribution in [0.5, 0.6) is 5.75 Å². The van der Waals surface area contributed by atoms with Crippen LogP contribution in [-0.4, -0.2) is 24.8 Å². The summed E-state index contributed by atoms with van der Waals surface area (Å²) in [6.45, 7) is 2.92. The van der Waals surface area contributed by atoms with Crippen molar-refractivity contribution in [2.75, 3.05) is 18.5 Å². The maximum absolute atomic E-state index is 14.5. The zero-order chi connectivity index (χ0) is 18.5. The second kappa shape index (κ2) is 8.10. The van der Waals surface area contributed by atoms with E-state index in [-0.39, 0.29) is 23.9 Å². The van der Waals surface area contributed by atoms with Crippen LogP contribution in [0.3, 0.4) is 0 Å². The first kappa shape index (κ1) is 18.1. The molecule has 0 saturated carbocycles. The maximum atomic E-state index is 14.5. The van der Waals surface area contributed by atoms with E-state index in [2.05, 4.69) is 10.6 Å². The Labute approximate surface area is 151 Å². The van der Waals surface area contributed by atoms with E-state index < -0.39 is 5.91 Å². The smallest absolute Gasteiger partial charge is 0.262 e. The van der Waals surface area contributed by atoms with Crippen LogP contribution in [0.2, 0.25) is 0 Å². The van der Waals surface area contributed by atoms with Crippen molar-refractivity contribution < 1.29 is 18.7 Å². The molecule has 5 nitrogen and oxygen atoms in total. The lowest BCUT2D eigenvalue weighted by molar-refractivity contribution is -0.118. The van der Waals surface area contributed by atoms with Crippen molar-refractivity contribution >= 4 is 17.4 Å². The number of carbonyl (C=O) groups is 2. The molecule has 2 aromatic carbocycles. The number of nitrogens with one attached hydrogen (secondary N) is 2. The van der Waals surface area contributed by atoms with Gasteiger partial charge in [-0.05, 0) is 54.4 Å². The van der Waals surface area contributed by atoms with Crippen LogP contribution >= 0.6 is 0 Å². The second-order valence-electron chi connectivity index (χ2n) is 6.13. The van der Waals surface area contributed by atoms with Crippen molar-refractivity contribution in [2.45, 2.75) is 26.3 Å². The summed E-state index contributed by atoms with van der Waals surface area (Å²) in [6.07, 6.45) is 1.04. The molecule has 6 heteroatoms. The second-order valence-corrected chi connectivity index (χ2v) is 6.13. The minimum absolute atomic E-state index is 0.0485. The van der Waals surface area contributed by atoms with Crippen molar-refractivity contribution in [3.8, 4) is 5.75 Å².